The maximum Gasteiger partial charge on any atom is 0.408 e. The number of ether oxygens (including phenoxy) is 4. The number of hydrogen-bond donors (Lipinski definition) is 3. The number of carboxylic acid groups (broad SMARTS) is 1. The van der Waals surface area contributed by atoms with Gasteiger partial charge in [-0.15, -0.1) is 0 Å². The fourth-order valence-electron chi connectivity index (χ4n) is 7.19. The van der Waals surface area contributed by atoms with E-state index in [9.17, 15) is 24.3 Å². The average molecular weight is 717 g/mol. The maximum absolute atomic E-state index is 14.5. The summed E-state index contributed by atoms with van der Waals surface area (Å²) in [6.07, 6.45) is 1.06. The van der Waals surface area contributed by atoms with E-state index in [-0.39, 0.29) is 18.9 Å². The van der Waals surface area contributed by atoms with Gasteiger partial charge in [0.25, 0.3) is 0 Å². The van der Waals surface area contributed by atoms with E-state index in [1.165, 1.54) is 4.90 Å². The number of amides is 3. The fourth-order valence-corrected chi connectivity index (χ4v) is 7.19. The molecule has 0 spiro atoms. The van der Waals surface area contributed by atoms with Gasteiger partial charge in [0.1, 0.15) is 40.8 Å². The van der Waals surface area contributed by atoms with Gasteiger partial charge in [0, 0.05) is 36.1 Å². The molecule has 13 nitrogen and oxygen atoms in total. The Bertz CT molecular complexity index is 1810. The molecule has 52 heavy (non-hydrogen) atoms. The van der Waals surface area contributed by atoms with Crippen molar-refractivity contribution in [3.8, 4) is 22.8 Å². The number of pyridine rings is 1. The third-order valence-electron chi connectivity index (χ3n) is 10.0. The highest BCUT2D eigenvalue weighted by atomic mass is 16.6. The number of hydrogen-bond acceptors (Lipinski definition) is 9. The van der Waals surface area contributed by atoms with E-state index in [2.05, 4.69) is 10.6 Å². The summed E-state index contributed by atoms with van der Waals surface area (Å²) in [6.45, 7) is 7.19. The largest absolute Gasteiger partial charge is 0.497 e. The number of carbonyl (C=O) groups is 4. The molecule has 3 fully saturated rings. The van der Waals surface area contributed by atoms with Crippen LogP contribution in [-0.2, 0) is 23.9 Å². The number of aliphatic carboxylic acids is 1. The molecule has 3 amide bonds. The number of carboxylic acids is 1. The second-order valence-corrected chi connectivity index (χ2v) is 15.0. The quantitative estimate of drug-likeness (QED) is 0.313. The van der Waals surface area contributed by atoms with E-state index in [1.807, 2.05) is 48.5 Å². The van der Waals surface area contributed by atoms with Gasteiger partial charge in [0.2, 0.25) is 11.8 Å². The van der Waals surface area contributed by atoms with Crippen LogP contribution >= 0.6 is 0 Å². The summed E-state index contributed by atoms with van der Waals surface area (Å²) < 4.78 is 23.7. The van der Waals surface area contributed by atoms with Crippen molar-refractivity contribution in [2.45, 2.75) is 102 Å². The number of methoxy groups -OCH3 is 1. The molecule has 6 atom stereocenters. The van der Waals surface area contributed by atoms with Crippen molar-refractivity contribution in [3.05, 3.63) is 54.6 Å². The highest BCUT2D eigenvalue weighted by molar-refractivity contribution is 5.96. The van der Waals surface area contributed by atoms with Gasteiger partial charge in [-0.3, -0.25) is 9.59 Å². The highest BCUT2D eigenvalue weighted by Crippen LogP contribution is 2.47. The molecule has 278 valence electrons. The van der Waals surface area contributed by atoms with Gasteiger partial charge in [0.05, 0.1) is 31.0 Å². The minimum atomic E-state index is -1.40. The Morgan fingerprint density at radius 2 is 1.85 bits per heavy atom. The third-order valence-corrected chi connectivity index (χ3v) is 10.0. The molecule has 1 saturated carbocycles. The standard InChI is InChI=1S/C39H48N4O9/c1-23-33(41-37(48)52-38(2,3)4)35(45)43-22-27(19-31(43)34(44)42-39(36(46)47)21-25(39)14-10-7-11-17-50-23)51-32-20-29(24-12-8-6-9-13-24)40-30-18-26(49-5)15-16-28(30)32/h6,8-9,12-13,15-16,18,20,23,25,27,31,33H,7,10-11,14,17,19,21-22H2,1-5H3,(H,41,48)(H,42,44)(H,46,47)/t23-,25?,27-,31+,33+,39-/m1/s1. The number of fused-ring (bicyclic) bond motifs is 3. The van der Waals surface area contributed by atoms with E-state index in [4.69, 9.17) is 23.9 Å². The van der Waals surface area contributed by atoms with Gasteiger partial charge in [-0.1, -0.05) is 43.2 Å². The normalized spacial score (nSPS) is 26.9. The molecule has 3 aliphatic rings. The summed E-state index contributed by atoms with van der Waals surface area (Å²) >= 11 is 0. The Balaban J connectivity index is 1.36. The lowest BCUT2D eigenvalue weighted by atomic mass is 10.1. The zero-order valence-electron chi connectivity index (χ0n) is 30.3. The summed E-state index contributed by atoms with van der Waals surface area (Å²) in [5.41, 5.74) is -0.0579. The topological polar surface area (TPSA) is 166 Å². The van der Waals surface area contributed by atoms with Crippen molar-refractivity contribution < 1.29 is 43.2 Å². The van der Waals surface area contributed by atoms with Gasteiger partial charge in [-0.05, 0) is 65.0 Å². The maximum atomic E-state index is 14.5. The van der Waals surface area contributed by atoms with Gasteiger partial charge >= 0.3 is 12.1 Å². The molecule has 1 aliphatic carbocycles. The second-order valence-electron chi connectivity index (χ2n) is 15.0. The molecule has 1 aromatic heterocycles. The lowest BCUT2D eigenvalue weighted by molar-refractivity contribution is -0.146. The summed E-state index contributed by atoms with van der Waals surface area (Å²) in [5.74, 6) is -1.34. The van der Waals surface area contributed by atoms with Crippen LogP contribution in [0.1, 0.15) is 66.2 Å². The zero-order chi connectivity index (χ0) is 37.2. The van der Waals surface area contributed by atoms with Crippen LogP contribution in [0.15, 0.2) is 54.6 Å². The third kappa shape index (κ3) is 8.09. The smallest absolute Gasteiger partial charge is 0.408 e. The van der Waals surface area contributed by atoms with Crippen molar-refractivity contribution in [3.63, 3.8) is 0 Å². The van der Waals surface area contributed by atoms with Gasteiger partial charge < -0.3 is 39.6 Å². The SMILES string of the molecule is COc1ccc2c(O[C@@H]3C[C@H]4C(=O)N[C@]5(C(=O)O)CC5CCCCCO[C@H](C)[C@H](NC(=O)OC(C)(C)C)C(=O)N4C3)cc(-c3ccccc3)nc2c1. The number of carbonyl (C=O) groups excluding carboxylic acids is 3. The molecule has 0 bridgehead atoms. The van der Waals surface area contributed by atoms with E-state index in [0.717, 1.165) is 18.4 Å². The molecule has 3 heterocycles. The summed E-state index contributed by atoms with van der Waals surface area (Å²) in [4.78, 5) is 60.5. The number of aromatic nitrogens is 1. The molecular formula is C39H48N4O9. The minimum Gasteiger partial charge on any atom is -0.497 e. The minimum absolute atomic E-state index is 0.0136. The first-order valence-electron chi connectivity index (χ1n) is 18.0. The first-order valence-corrected chi connectivity index (χ1v) is 18.0. The number of nitrogens with zero attached hydrogens (tertiary/aromatic N) is 2. The van der Waals surface area contributed by atoms with Gasteiger partial charge in [-0.25, -0.2) is 14.6 Å². The van der Waals surface area contributed by atoms with Crippen LogP contribution in [0, 0.1) is 5.92 Å². The molecule has 6 rings (SSSR count). The van der Waals surface area contributed by atoms with Gasteiger partial charge in [0.15, 0.2) is 0 Å². The molecule has 2 saturated heterocycles. The second kappa shape index (κ2) is 15.0. The van der Waals surface area contributed by atoms with E-state index < -0.39 is 59.3 Å². The van der Waals surface area contributed by atoms with E-state index >= 15 is 0 Å². The summed E-state index contributed by atoms with van der Waals surface area (Å²) in [5, 5.41) is 16.5. The number of rotatable bonds is 6. The van der Waals surface area contributed by atoms with Crippen LogP contribution in [0.3, 0.4) is 0 Å². The molecule has 13 heteroatoms. The van der Waals surface area contributed by atoms with Crippen LogP contribution in [0.5, 0.6) is 11.5 Å². The van der Waals surface area contributed by atoms with Crippen LogP contribution in [0.4, 0.5) is 4.79 Å². The fraction of sp³-hybridized carbons (Fsp3) is 0.513. The number of alkyl carbamates (subject to hydrolysis) is 1. The van der Waals surface area contributed by atoms with Crippen molar-refractivity contribution >= 4 is 34.8 Å². The molecule has 3 aromatic rings. The lowest BCUT2D eigenvalue weighted by Crippen LogP contribution is -2.59. The molecular weight excluding hydrogens is 668 g/mol. The molecule has 2 aliphatic heterocycles. The Kier molecular flexibility index (Phi) is 10.6. The number of nitrogens with one attached hydrogen (secondary N) is 2. The molecule has 0 radical (unpaired) electrons. The van der Waals surface area contributed by atoms with E-state index in [0.29, 0.717) is 54.0 Å². The number of benzene rings is 2. The van der Waals surface area contributed by atoms with Crippen molar-refractivity contribution in [2.24, 2.45) is 5.92 Å². The Morgan fingerprint density at radius 3 is 2.56 bits per heavy atom. The Labute approximate surface area is 303 Å². The predicted molar refractivity (Wildman–Crippen MR) is 192 cm³/mol. The molecule has 2 aromatic carbocycles. The Hall–Kier alpha value is -4.91. The first-order chi connectivity index (χ1) is 24.8. The van der Waals surface area contributed by atoms with Crippen molar-refractivity contribution in [2.75, 3.05) is 20.3 Å². The van der Waals surface area contributed by atoms with Crippen molar-refractivity contribution in [1.82, 2.24) is 20.5 Å². The first kappa shape index (κ1) is 36.9. The summed E-state index contributed by atoms with van der Waals surface area (Å²) in [7, 11) is 1.58. The van der Waals surface area contributed by atoms with Crippen LogP contribution in [0.25, 0.3) is 22.2 Å². The monoisotopic (exact) mass is 716 g/mol. The lowest BCUT2D eigenvalue weighted by Gasteiger charge is -2.32. The van der Waals surface area contributed by atoms with Crippen LogP contribution < -0.4 is 20.1 Å². The predicted octanol–water partition coefficient (Wildman–Crippen LogP) is 5.09. The Morgan fingerprint density at radius 1 is 1.08 bits per heavy atom. The molecule has 1 unspecified atom stereocenters. The van der Waals surface area contributed by atoms with Crippen molar-refractivity contribution in [1.29, 1.82) is 0 Å². The highest BCUT2D eigenvalue weighted by Gasteiger charge is 2.62. The van der Waals surface area contributed by atoms with E-state index in [1.54, 1.807) is 40.9 Å². The molecule has 3 N–H and O–H groups in total. The summed E-state index contributed by atoms with van der Waals surface area (Å²) in [6, 6.07) is 14.7. The average Bonchev–Trinajstić information content (AvgIpc) is 3.64. The van der Waals surface area contributed by atoms with Crippen LogP contribution in [-0.4, -0.2) is 94.6 Å². The van der Waals surface area contributed by atoms with Gasteiger partial charge in [-0.2, -0.15) is 0 Å². The zero-order valence-corrected chi connectivity index (χ0v) is 30.3. The van der Waals surface area contributed by atoms with Crippen LogP contribution in [0.2, 0.25) is 0 Å².